The van der Waals surface area contributed by atoms with Gasteiger partial charge in [0.25, 0.3) is 0 Å². The number of nitrogens with one attached hydrogen (secondary N) is 2. The van der Waals surface area contributed by atoms with E-state index in [0.29, 0.717) is 11.8 Å². The van der Waals surface area contributed by atoms with Gasteiger partial charge in [0.1, 0.15) is 5.75 Å². The van der Waals surface area contributed by atoms with Crippen LogP contribution in [0.1, 0.15) is 39.4 Å². The average Bonchev–Trinajstić information content (AvgIpc) is 2.56. The molecule has 0 heterocycles. The van der Waals surface area contributed by atoms with Crippen LogP contribution in [0.4, 0.5) is 0 Å². The fourth-order valence-electron chi connectivity index (χ4n) is 2.01. The quantitative estimate of drug-likeness (QED) is 0.287. The van der Waals surface area contributed by atoms with Gasteiger partial charge in [0.05, 0.1) is 18.8 Å². The van der Waals surface area contributed by atoms with Gasteiger partial charge in [0.15, 0.2) is 5.96 Å². The Morgan fingerprint density at radius 1 is 1.28 bits per heavy atom. The number of halogens is 1. The largest absolute Gasteiger partial charge is 0.491 e. The van der Waals surface area contributed by atoms with Gasteiger partial charge in [-0.15, -0.1) is 24.0 Å². The molecule has 0 bridgehead atoms. The first-order chi connectivity index (χ1) is 11.5. The van der Waals surface area contributed by atoms with Crippen molar-refractivity contribution in [1.29, 1.82) is 0 Å². The van der Waals surface area contributed by atoms with Gasteiger partial charge in [-0.05, 0) is 44.7 Å². The molecule has 0 spiro atoms. The van der Waals surface area contributed by atoms with E-state index in [1.54, 1.807) is 11.8 Å². The fourth-order valence-corrected chi connectivity index (χ4v) is 2.24. The molecule has 0 aromatic heterocycles. The Bertz CT molecular complexity index is 515. The van der Waals surface area contributed by atoms with Crippen molar-refractivity contribution in [3.63, 3.8) is 0 Å². The van der Waals surface area contributed by atoms with Gasteiger partial charge in [-0.2, -0.15) is 11.8 Å². The number of aliphatic hydroxyl groups is 1. The summed E-state index contributed by atoms with van der Waals surface area (Å²) in [5, 5.41) is 17.3. The number of thioether (sulfide) groups is 1. The zero-order chi connectivity index (χ0) is 17.9. The highest BCUT2D eigenvalue weighted by Gasteiger charge is 2.10. The highest BCUT2D eigenvalue weighted by atomic mass is 127. The van der Waals surface area contributed by atoms with Gasteiger partial charge < -0.3 is 20.5 Å². The first-order valence-electron chi connectivity index (χ1n) is 8.45. The van der Waals surface area contributed by atoms with Crippen molar-refractivity contribution in [2.75, 3.05) is 25.9 Å². The van der Waals surface area contributed by atoms with Crippen LogP contribution in [0.5, 0.6) is 5.75 Å². The smallest absolute Gasteiger partial charge is 0.191 e. The Balaban J connectivity index is 0.00000576. The van der Waals surface area contributed by atoms with Crippen molar-refractivity contribution in [3.8, 4) is 5.75 Å². The molecule has 2 unspecified atom stereocenters. The minimum Gasteiger partial charge on any atom is -0.491 e. The van der Waals surface area contributed by atoms with Gasteiger partial charge in [-0.1, -0.05) is 19.1 Å². The zero-order valence-corrected chi connectivity index (χ0v) is 18.9. The van der Waals surface area contributed by atoms with Crippen LogP contribution in [-0.2, 0) is 0 Å². The molecular weight excluding hydrogens is 449 g/mol. The van der Waals surface area contributed by atoms with Crippen LogP contribution in [0.2, 0.25) is 0 Å². The summed E-state index contributed by atoms with van der Waals surface area (Å²) >= 11 is 1.79. The van der Waals surface area contributed by atoms with E-state index in [0.717, 1.165) is 30.4 Å². The first-order valence-corrected chi connectivity index (χ1v) is 9.74. The lowest BCUT2D eigenvalue weighted by Crippen LogP contribution is -2.39. The maximum atomic E-state index is 10.4. The molecular formula is C18H32IN3O2S. The van der Waals surface area contributed by atoms with E-state index >= 15 is 0 Å². The third-order valence-electron chi connectivity index (χ3n) is 3.33. The summed E-state index contributed by atoms with van der Waals surface area (Å²) in [6, 6.07) is 7.58. The molecule has 0 amide bonds. The maximum absolute atomic E-state index is 10.4. The highest BCUT2D eigenvalue weighted by Crippen LogP contribution is 2.19. The molecule has 2 atom stereocenters. The summed E-state index contributed by atoms with van der Waals surface area (Å²) in [4.78, 5) is 4.54. The summed E-state index contributed by atoms with van der Waals surface area (Å²) in [6.45, 7) is 10.1. The Labute approximate surface area is 173 Å². The Kier molecular flexibility index (Phi) is 13.2. The molecule has 1 rings (SSSR count). The van der Waals surface area contributed by atoms with Crippen molar-refractivity contribution in [2.24, 2.45) is 4.99 Å². The van der Waals surface area contributed by atoms with E-state index < -0.39 is 6.10 Å². The lowest BCUT2D eigenvalue weighted by molar-refractivity contribution is 0.179. The van der Waals surface area contributed by atoms with E-state index in [4.69, 9.17) is 4.74 Å². The molecule has 3 N–H and O–H groups in total. The number of guanidine groups is 1. The lowest BCUT2D eigenvalue weighted by atomic mass is 10.1. The number of hydrogen-bond acceptors (Lipinski definition) is 4. The van der Waals surface area contributed by atoms with Crippen molar-refractivity contribution >= 4 is 41.7 Å². The zero-order valence-electron chi connectivity index (χ0n) is 15.8. The number of nitrogens with zero attached hydrogens (tertiary/aromatic N) is 1. The summed E-state index contributed by atoms with van der Waals surface area (Å²) in [7, 11) is 0. The van der Waals surface area contributed by atoms with Crippen molar-refractivity contribution in [1.82, 2.24) is 10.6 Å². The molecule has 0 radical (unpaired) electrons. The van der Waals surface area contributed by atoms with Crippen LogP contribution in [0.25, 0.3) is 0 Å². The molecule has 0 aliphatic rings. The Morgan fingerprint density at radius 3 is 2.60 bits per heavy atom. The van der Waals surface area contributed by atoms with E-state index in [2.05, 4.69) is 28.8 Å². The third kappa shape index (κ3) is 10.2. The summed E-state index contributed by atoms with van der Waals surface area (Å²) < 4.78 is 5.68. The molecule has 25 heavy (non-hydrogen) atoms. The highest BCUT2D eigenvalue weighted by molar-refractivity contribution is 14.0. The van der Waals surface area contributed by atoms with E-state index in [1.165, 1.54) is 0 Å². The number of aliphatic imine (C=N–C) groups is 1. The third-order valence-corrected chi connectivity index (χ3v) is 4.28. The minimum atomic E-state index is -0.623. The van der Waals surface area contributed by atoms with Crippen LogP contribution in [0.3, 0.4) is 0 Å². The number of benzene rings is 1. The number of rotatable bonds is 9. The van der Waals surface area contributed by atoms with Gasteiger partial charge >= 0.3 is 0 Å². The van der Waals surface area contributed by atoms with Crippen LogP contribution < -0.4 is 15.4 Å². The molecule has 0 aliphatic carbocycles. The van der Waals surface area contributed by atoms with E-state index in [-0.39, 0.29) is 30.1 Å². The normalized spacial score (nSPS) is 13.8. The molecule has 1 aromatic carbocycles. The molecule has 0 aliphatic heterocycles. The predicted molar refractivity (Wildman–Crippen MR) is 120 cm³/mol. The topological polar surface area (TPSA) is 65.9 Å². The summed E-state index contributed by atoms with van der Waals surface area (Å²) in [5.74, 6) is 1.50. The van der Waals surface area contributed by atoms with Crippen LogP contribution in [0, 0.1) is 0 Å². The fraction of sp³-hybridized carbons (Fsp3) is 0.611. The summed E-state index contributed by atoms with van der Waals surface area (Å²) in [6.07, 6.45) is 1.57. The minimum absolute atomic E-state index is 0. The van der Waals surface area contributed by atoms with Gasteiger partial charge in [-0.3, -0.25) is 4.99 Å². The average molecular weight is 481 g/mol. The van der Waals surface area contributed by atoms with Crippen LogP contribution in [-0.4, -0.2) is 48.3 Å². The van der Waals surface area contributed by atoms with Gasteiger partial charge in [0.2, 0.25) is 0 Å². The molecule has 5 nitrogen and oxygen atoms in total. The SMILES string of the molecule is CCNC(=NCC(C)SC)NCC(O)c1cccc(OC(C)C)c1.I. The van der Waals surface area contributed by atoms with E-state index in [9.17, 15) is 5.11 Å². The molecule has 0 fully saturated rings. The van der Waals surface area contributed by atoms with Crippen molar-refractivity contribution in [2.45, 2.75) is 45.2 Å². The lowest BCUT2D eigenvalue weighted by Gasteiger charge is -2.17. The Hall–Kier alpha value is -0.670. The first kappa shape index (κ1) is 24.3. The van der Waals surface area contributed by atoms with Crippen molar-refractivity contribution in [3.05, 3.63) is 29.8 Å². The predicted octanol–water partition coefficient (Wildman–Crippen LogP) is 3.43. The van der Waals surface area contributed by atoms with E-state index in [1.807, 2.05) is 45.0 Å². The van der Waals surface area contributed by atoms with Gasteiger partial charge in [0, 0.05) is 18.3 Å². The second-order valence-electron chi connectivity index (χ2n) is 5.90. The number of aliphatic hydroxyl groups excluding tert-OH is 1. The van der Waals surface area contributed by atoms with Gasteiger partial charge in [-0.25, -0.2) is 0 Å². The number of hydrogen-bond donors (Lipinski definition) is 3. The van der Waals surface area contributed by atoms with Crippen molar-refractivity contribution < 1.29 is 9.84 Å². The van der Waals surface area contributed by atoms with Crippen LogP contribution >= 0.6 is 35.7 Å². The van der Waals surface area contributed by atoms with Crippen LogP contribution in [0.15, 0.2) is 29.3 Å². The second-order valence-corrected chi connectivity index (χ2v) is 7.18. The molecule has 1 aromatic rings. The summed E-state index contributed by atoms with van der Waals surface area (Å²) in [5.41, 5.74) is 0.828. The second kappa shape index (κ2) is 13.5. The monoisotopic (exact) mass is 481 g/mol. The molecule has 0 saturated carbocycles. The maximum Gasteiger partial charge on any atom is 0.191 e. The molecule has 7 heteroatoms. The molecule has 0 saturated heterocycles. The Morgan fingerprint density at radius 2 is 2.00 bits per heavy atom. The standard InChI is InChI=1S/C18H31N3O2S.HI/c1-6-19-18(20-11-14(4)24-5)21-12-17(22)15-8-7-9-16(10-15)23-13(2)3;/h7-10,13-14,17,22H,6,11-12H2,1-5H3,(H2,19,20,21);1H. The molecule has 144 valence electrons. The number of ether oxygens (including phenoxy) is 1.